The van der Waals surface area contributed by atoms with E-state index in [1.165, 1.54) is 6.42 Å². The third-order valence-corrected chi connectivity index (χ3v) is 6.22. The molecule has 1 saturated heterocycles. The predicted molar refractivity (Wildman–Crippen MR) is 85.8 cm³/mol. The largest absolute Gasteiger partial charge is 0.388 e. The van der Waals surface area contributed by atoms with Crippen molar-refractivity contribution in [1.29, 1.82) is 5.26 Å². The zero-order valence-corrected chi connectivity index (χ0v) is 14.1. The Bertz CT molecular complexity index is 379. The highest BCUT2D eigenvalue weighted by Crippen LogP contribution is 2.50. The number of hydrogen-bond acceptors (Lipinski definition) is 3. The first-order valence-corrected chi connectivity index (χ1v) is 8.84. The van der Waals surface area contributed by atoms with Crippen LogP contribution in [0, 0.1) is 22.7 Å². The number of aliphatic hydroxyl groups is 1. The highest BCUT2D eigenvalue weighted by atomic mass is 16.3. The average molecular weight is 292 g/mol. The van der Waals surface area contributed by atoms with Crippen molar-refractivity contribution in [3.63, 3.8) is 0 Å². The van der Waals surface area contributed by atoms with Crippen molar-refractivity contribution in [1.82, 2.24) is 4.90 Å². The predicted octanol–water partition coefficient (Wildman–Crippen LogP) is 3.72. The third kappa shape index (κ3) is 3.27. The molecule has 1 heterocycles. The second-order valence-corrected chi connectivity index (χ2v) is 7.56. The molecule has 1 aliphatic carbocycles. The molecule has 0 spiro atoms. The summed E-state index contributed by atoms with van der Waals surface area (Å²) in [5.74, 6) is 0.757. The standard InChI is InChI=1S/C18H32N2O/c1-4-16-6-9-17(14-19,10-7-16)18(21)8-5-12-20(13-11-18)15(2)3/h15-16,21H,4-13H2,1-3H3. The second kappa shape index (κ2) is 6.67. The molecule has 1 unspecified atom stereocenters. The Morgan fingerprint density at radius 2 is 1.86 bits per heavy atom. The minimum absolute atomic E-state index is 0.494. The number of nitriles is 1. The Labute approximate surface area is 130 Å². The molecule has 2 rings (SSSR count). The molecule has 0 aromatic carbocycles. The van der Waals surface area contributed by atoms with Gasteiger partial charge in [-0.05, 0) is 71.3 Å². The Morgan fingerprint density at radius 3 is 2.38 bits per heavy atom. The minimum atomic E-state index is -0.774. The van der Waals surface area contributed by atoms with Gasteiger partial charge in [0, 0.05) is 12.6 Å². The molecular formula is C18H32N2O. The molecule has 21 heavy (non-hydrogen) atoms. The van der Waals surface area contributed by atoms with E-state index in [1.807, 2.05) is 0 Å². The fourth-order valence-corrected chi connectivity index (χ4v) is 4.39. The van der Waals surface area contributed by atoms with Crippen molar-refractivity contribution in [2.45, 2.75) is 83.8 Å². The van der Waals surface area contributed by atoms with Crippen LogP contribution in [0.1, 0.15) is 72.1 Å². The van der Waals surface area contributed by atoms with Gasteiger partial charge >= 0.3 is 0 Å². The Kier molecular flexibility index (Phi) is 5.33. The van der Waals surface area contributed by atoms with Gasteiger partial charge in [-0.1, -0.05) is 13.3 Å². The van der Waals surface area contributed by atoms with E-state index in [2.05, 4.69) is 31.7 Å². The van der Waals surface area contributed by atoms with E-state index in [-0.39, 0.29) is 0 Å². The molecule has 0 radical (unpaired) electrons. The lowest BCUT2D eigenvalue weighted by Gasteiger charge is -2.46. The molecule has 1 atom stereocenters. The first-order chi connectivity index (χ1) is 9.96. The summed E-state index contributed by atoms with van der Waals surface area (Å²) >= 11 is 0. The summed E-state index contributed by atoms with van der Waals surface area (Å²) in [7, 11) is 0. The monoisotopic (exact) mass is 292 g/mol. The van der Waals surface area contributed by atoms with Gasteiger partial charge in [-0.25, -0.2) is 0 Å². The van der Waals surface area contributed by atoms with Crippen molar-refractivity contribution < 1.29 is 5.11 Å². The van der Waals surface area contributed by atoms with Crippen LogP contribution in [-0.2, 0) is 0 Å². The van der Waals surface area contributed by atoms with Crippen molar-refractivity contribution in [3.05, 3.63) is 0 Å². The second-order valence-electron chi connectivity index (χ2n) is 7.56. The van der Waals surface area contributed by atoms with E-state index in [9.17, 15) is 10.4 Å². The Balaban J connectivity index is 2.12. The molecule has 2 fully saturated rings. The van der Waals surface area contributed by atoms with E-state index < -0.39 is 11.0 Å². The van der Waals surface area contributed by atoms with Gasteiger partial charge in [0.05, 0.1) is 17.1 Å². The fraction of sp³-hybridized carbons (Fsp3) is 0.944. The quantitative estimate of drug-likeness (QED) is 0.862. The lowest BCUT2D eigenvalue weighted by atomic mass is 9.59. The maximum atomic E-state index is 11.3. The van der Waals surface area contributed by atoms with Crippen LogP contribution in [0.4, 0.5) is 0 Å². The molecular weight excluding hydrogens is 260 g/mol. The Hall–Kier alpha value is -0.590. The molecule has 120 valence electrons. The van der Waals surface area contributed by atoms with Crippen LogP contribution >= 0.6 is 0 Å². The number of nitrogens with zero attached hydrogens (tertiary/aromatic N) is 2. The first-order valence-electron chi connectivity index (χ1n) is 8.84. The van der Waals surface area contributed by atoms with E-state index in [4.69, 9.17) is 0 Å². The molecule has 3 nitrogen and oxygen atoms in total. The highest BCUT2D eigenvalue weighted by Gasteiger charge is 2.52. The third-order valence-electron chi connectivity index (χ3n) is 6.22. The van der Waals surface area contributed by atoms with Gasteiger partial charge in [0.15, 0.2) is 0 Å². The summed E-state index contributed by atoms with van der Waals surface area (Å²) in [5.41, 5.74) is -1.27. The number of likely N-dealkylation sites (tertiary alicyclic amines) is 1. The van der Waals surface area contributed by atoms with Gasteiger partial charge in [0.25, 0.3) is 0 Å². The minimum Gasteiger partial charge on any atom is -0.388 e. The van der Waals surface area contributed by atoms with E-state index in [0.717, 1.165) is 64.0 Å². The zero-order chi connectivity index (χ0) is 15.5. The Morgan fingerprint density at radius 1 is 1.19 bits per heavy atom. The number of hydrogen-bond donors (Lipinski definition) is 1. The van der Waals surface area contributed by atoms with E-state index >= 15 is 0 Å². The summed E-state index contributed by atoms with van der Waals surface area (Å²) < 4.78 is 0. The molecule has 1 N–H and O–H groups in total. The normalized spacial score (nSPS) is 39.0. The van der Waals surface area contributed by atoms with Gasteiger partial charge in [0.1, 0.15) is 0 Å². The zero-order valence-electron chi connectivity index (χ0n) is 14.1. The maximum Gasteiger partial charge on any atom is 0.0861 e. The molecule has 0 aromatic heterocycles. The van der Waals surface area contributed by atoms with Crippen molar-refractivity contribution >= 4 is 0 Å². The summed E-state index contributed by atoms with van der Waals surface area (Å²) in [5, 5.41) is 21.2. The van der Waals surface area contributed by atoms with Crippen molar-refractivity contribution in [2.24, 2.45) is 11.3 Å². The van der Waals surface area contributed by atoms with Gasteiger partial charge in [-0.3, -0.25) is 0 Å². The van der Waals surface area contributed by atoms with Crippen LogP contribution in [-0.4, -0.2) is 34.7 Å². The first kappa shape index (κ1) is 16.8. The average Bonchev–Trinajstić information content (AvgIpc) is 2.70. The molecule has 1 aliphatic heterocycles. The SMILES string of the molecule is CCC1CCC(C#N)(C2(O)CCCN(C(C)C)CC2)CC1. The van der Waals surface area contributed by atoms with E-state index in [1.54, 1.807) is 0 Å². The number of rotatable bonds is 3. The molecule has 3 heteroatoms. The molecule has 2 aliphatic rings. The molecule has 1 saturated carbocycles. The lowest BCUT2D eigenvalue weighted by molar-refractivity contribution is -0.0881. The van der Waals surface area contributed by atoms with Crippen molar-refractivity contribution in [3.8, 4) is 6.07 Å². The fourth-order valence-electron chi connectivity index (χ4n) is 4.39. The van der Waals surface area contributed by atoms with Crippen molar-refractivity contribution in [2.75, 3.05) is 13.1 Å². The molecule has 0 bridgehead atoms. The van der Waals surface area contributed by atoms with Gasteiger partial charge in [-0.2, -0.15) is 5.26 Å². The lowest BCUT2D eigenvalue weighted by Crippen LogP contribution is -2.50. The van der Waals surface area contributed by atoms with Crippen LogP contribution in [0.3, 0.4) is 0 Å². The van der Waals surface area contributed by atoms with E-state index in [0.29, 0.717) is 6.04 Å². The van der Waals surface area contributed by atoms with Gasteiger partial charge < -0.3 is 10.0 Å². The maximum absolute atomic E-state index is 11.3. The van der Waals surface area contributed by atoms with Crippen LogP contribution < -0.4 is 0 Å². The topological polar surface area (TPSA) is 47.3 Å². The summed E-state index contributed by atoms with van der Waals surface area (Å²) in [4.78, 5) is 2.45. The molecule has 0 amide bonds. The summed E-state index contributed by atoms with van der Waals surface area (Å²) in [6.45, 7) is 8.66. The summed E-state index contributed by atoms with van der Waals surface area (Å²) in [6, 6.07) is 3.10. The van der Waals surface area contributed by atoms with Crippen LogP contribution in [0.5, 0.6) is 0 Å². The van der Waals surface area contributed by atoms with Crippen LogP contribution in [0.15, 0.2) is 0 Å². The molecule has 0 aromatic rings. The van der Waals surface area contributed by atoms with Gasteiger partial charge in [-0.15, -0.1) is 0 Å². The van der Waals surface area contributed by atoms with Gasteiger partial charge in [0.2, 0.25) is 0 Å². The highest BCUT2D eigenvalue weighted by molar-refractivity contribution is 5.13. The summed E-state index contributed by atoms with van der Waals surface area (Å²) in [6.07, 6.45) is 7.77. The smallest absolute Gasteiger partial charge is 0.0861 e. The van der Waals surface area contributed by atoms with Crippen LogP contribution in [0.2, 0.25) is 0 Å². The van der Waals surface area contributed by atoms with Crippen LogP contribution in [0.25, 0.3) is 0 Å².